The average Bonchev–Trinajstić information content (AvgIpc) is 1.64. The Hall–Kier alpha value is -0.443. The first kappa shape index (κ1) is 7.56. The molecule has 0 aliphatic carbocycles. The van der Waals surface area contributed by atoms with Gasteiger partial charge >= 0.3 is 0 Å². The lowest BCUT2D eigenvalue weighted by molar-refractivity contribution is -0.134. The van der Waals surface area contributed by atoms with Crippen molar-refractivity contribution < 1.29 is 9.59 Å². The molecule has 0 fully saturated rings. The molecule has 0 rings (SSSR count). The van der Waals surface area contributed by atoms with Crippen molar-refractivity contribution in [2.45, 2.75) is 13.8 Å². The van der Waals surface area contributed by atoms with Crippen LogP contribution < -0.4 is 0 Å². The molecule has 8 heavy (non-hydrogen) atoms. The summed E-state index contributed by atoms with van der Waals surface area (Å²) < 4.78 is 0. The van der Waals surface area contributed by atoms with Crippen molar-refractivity contribution in [3.05, 3.63) is 0 Å². The molecule has 0 heterocycles. The maximum absolute atomic E-state index is 10.5. The Kier molecular flexibility index (Phi) is 2.61. The molecule has 0 N–H and O–H groups in total. The highest BCUT2D eigenvalue weighted by atomic mass is 28.1. The van der Waals surface area contributed by atoms with Crippen molar-refractivity contribution >= 4 is 21.4 Å². The van der Waals surface area contributed by atoms with E-state index in [0.717, 1.165) is 0 Å². The van der Waals surface area contributed by atoms with Gasteiger partial charge in [-0.2, -0.15) is 0 Å². The van der Waals surface area contributed by atoms with Crippen LogP contribution in [0.3, 0.4) is 0 Å². The molecular weight excluding hydrogens is 120 g/mol. The van der Waals surface area contributed by atoms with Crippen LogP contribution in [0, 0.1) is 5.92 Å². The summed E-state index contributed by atoms with van der Waals surface area (Å²) in [5, 5.41) is -0.208. The van der Waals surface area contributed by atoms with Crippen molar-refractivity contribution in [1.82, 2.24) is 0 Å². The van der Waals surface area contributed by atoms with Crippen molar-refractivity contribution in [2.75, 3.05) is 0 Å². The topological polar surface area (TPSA) is 34.1 Å². The molecule has 0 unspecified atom stereocenters. The number of carbonyl (C=O) groups is 2. The number of Topliss-reactive ketones (excluding diaryl/α,β-unsaturated/α-hetero) is 1. The minimum Gasteiger partial charge on any atom is -0.298 e. The van der Waals surface area contributed by atoms with Crippen LogP contribution >= 0.6 is 0 Å². The lowest BCUT2D eigenvalue weighted by atomic mass is 10.1. The molecule has 0 aromatic rings. The average molecular weight is 130 g/mol. The predicted molar refractivity (Wildman–Crippen MR) is 34.8 cm³/mol. The molecule has 0 amide bonds. The summed E-state index contributed by atoms with van der Waals surface area (Å²) in [7, 11) is 0.362. The van der Waals surface area contributed by atoms with E-state index in [-0.39, 0.29) is 17.1 Å². The molecule has 3 heteroatoms. The van der Waals surface area contributed by atoms with E-state index < -0.39 is 0 Å². The summed E-state index contributed by atoms with van der Waals surface area (Å²) >= 11 is 0. The second-order valence-corrected chi connectivity index (χ2v) is 2.98. The smallest absolute Gasteiger partial charge is 0.194 e. The molecule has 0 atom stereocenters. The molecular formula is C5H10O2Si. The summed E-state index contributed by atoms with van der Waals surface area (Å²) in [5.41, 5.74) is 0. The molecule has 0 bridgehead atoms. The van der Waals surface area contributed by atoms with Crippen LogP contribution in [0.1, 0.15) is 13.8 Å². The highest BCUT2D eigenvalue weighted by Crippen LogP contribution is 1.91. The molecule has 0 aliphatic rings. The van der Waals surface area contributed by atoms with Gasteiger partial charge in [-0.15, -0.1) is 0 Å². The third-order valence-corrected chi connectivity index (χ3v) is 1.36. The monoisotopic (exact) mass is 130 g/mol. The number of rotatable bonds is 2. The molecule has 0 saturated carbocycles. The third-order valence-electron chi connectivity index (χ3n) is 0.871. The molecule has 0 saturated heterocycles. The maximum Gasteiger partial charge on any atom is 0.194 e. The number of hydrogen-bond donors (Lipinski definition) is 0. The van der Waals surface area contributed by atoms with Gasteiger partial charge in [0.25, 0.3) is 0 Å². The van der Waals surface area contributed by atoms with Crippen molar-refractivity contribution in [3.8, 4) is 0 Å². The molecule has 0 aromatic heterocycles. The second-order valence-electron chi connectivity index (χ2n) is 2.08. The van der Waals surface area contributed by atoms with Crippen LogP contribution in [-0.4, -0.2) is 21.4 Å². The van der Waals surface area contributed by atoms with E-state index in [1.807, 2.05) is 0 Å². The quantitative estimate of drug-likeness (QED) is 0.359. The van der Waals surface area contributed by atoms with Gasteiger partial charge in [0.05, 0.1) is 10.2 Å². The largest absolute Gasteiger partial charge is 0.298 e. The minimum atomic E-state index is -0.225. The van der Waals surface area contributed by atoms with Crippen LogP contribution in [0.25, 0.3) is 0 Å². The third kappa shape index (κ3) is 2.02. The van der Waals surface area contributed by atoms with Gasteiger partial charge in [-0.05, 0) is 0 Å². The molecule has 0 aliphatic heterocycles. The first-order valence-corrected chi connectivity index (χ1v) is 3.60. The number of hydrogen-bond acceptors (Lipinski definition) is 2. The Morgan fingerprint density at radius 2 is 1.75 bits per heavy atom. The maximum atomic E-state index is 10.5. The summed E-state index contributed by atoms with van der Waals surface area (Å²) in [6, 6.07) is 0. The highest BCUT2D eigenvalue weighted by Gasteiger charge is 2.10. The van der Waals surface area contributed by atoms with Crippen molar-refractivity contribution in [1.29, 1.82) is 0 Å². The van der Waals surface area contributed by atoms with Gasteiger partial charge < -0.3 is 0 Å². The van der Waals surface area contributed by atoms with Gasteiger partial charge in [-0.3, -0.25) is 9.59 Å². The van der Waals surface area contributed by atoms with E-state index in [1.54, 1.807) is 13.8 Å². The van der Waals surface area contributed by atoms with E-state index in [1.165, 1.54) is 0 Å². The van der Waals surface area contributed by atoms with Gasteiger partial charge in [0.2, 0.25) is 0 Å². The Labute approximate surface area is 51.7 Å². The standard InChI is InChI=1S/C5H10O2Si/c1-3(2)4(6)5(7)8/h3H,1-2,8H3. The first-order valence-electron chi connectivity index (χ1n) is 2.60. The fourth-order valence-corrected chi connectivity index (χ4v) is 0.984. The molecule has 0 radical (unpaired) electrons. The zero-order valence-electron chi connectivity index (χ0n) is 5.39. The van der Waals surface area contributed by atoms with Crippen LogP contribution in [0.4, 0.5) is 0 Å². The second kappa shape index (κ2) is 2.77. The van der Waals surface area contributed by atoms with Crippen molar-refractivity contribution in [2.24, 2.45) is 5.92 Å². The molecule has 2 nitrogen and oxygen atoms in total. The van der Waals surface area contributed by atoms with Gasteiger partial charge in [-0.1, -0.05) is 13.8 Å². The molecule has 46 valence electrons. The van der Waals surface area contributed by atoms with Gasteiger partial charge in [0.15, 0.2) is 11.2 Å². The summed E-state index contributed by atoms with van der Waals surface area (Å²) in [6.07, 6.45) is 0. The fourth-order valence-electron chi connectivity index (χ4n) is 0.407. The zero-order chi connectivity index (χ0) is 6.73. The predicted octanol–water partition coefficient (Wildman–Crippen LogP) is -0.897. The Bertz CT molecular complexity index is 118. The van der Waals surface area contributed by atoms with Crippen LogP contribution in [0.15, 0.2) is 0 Å². The van der Waals surface area contributed by atoms with E-state index in [9.17, 15) is 9.59 Å². The lowest BCUT2D eigenvalue weighted by Crippen LogP contribution is -2.18. The Morgan fingerprint density at radius 3 is 1.75 bits per heavy atom. The van der Waals surface area contributed by atoms with Crippen LogP contribution in [0.5, 0.6) is 0 Å². The SMILES string of the molecule is CC(C)C(=O)C(=O)[SiH3]. The van der Waals surface area contributed by atoms with Crippen molar-refractivity contribution in [3.63, 3.8) is 0 Å². The first-order chi connectivity index (χ1) is 3.55. The highest BCUT2D eigenvalue weighted by molar-refractivity contribution is 6.77. The Morgan fingerprint density at radius 1 is 1.38 bits per heavy atom. The summed E-state index contributed by atoms with van der Waals surface area (Å²) in [6.45, 7) is 3.47. The van der Waals surface area contributed by atoms with Crippen LogP contribution in [0.2, 0.25) is 0 Å². The van der Waals surface area contributed by atoms with E-state index in [0.29, 0.717) is 10.2 Å². The van der Waals surface area contributed by atoms with E-state index in [2.05, 4.69) is 0 Å². The Balaban J connectivity index is 3.84. The number of ketones is 1. The molecule has 0 aromatic carbocycles. The normalized spacial score (nSPS) is 9.88. The molecule has 0 spiro atoms. The summed E-state index contributed by atoms with van der Waals surface area (Å²) in [5.74, 6) is -0.336. The summed E-state index contributed by atoms with van der Waals surface area (Å²) in [4.78, 5) is 20.8. The van der Waals surface area contributed by atoms with E-state index >= 15 is 0 Å². The van der Waals surface area contributed by atoms with Gasteiger partial charge in [-0.25, -0.2) is 0 Å². The van der Waals surface area contributed by atoms with E-state index in [4.69, 9.17) is 0 Å². The van der Waals surface area contributed by atoms with Gasteiger partial charge in [0.1, 0.15) is 0 Å². The van der Waals surface area contributed by atoms with Gasteiger partial charge in [0, 0.05) is 5.92 Å². The minimum absolute atomic E-state index is 0.111. The zero-order valence-corrected chi connectivity index (χ0v) is 7.39. The fraction of sp³-hybridized carbons (Fsp3) is 0.600. The lowest BCUT2D eigenvalue weighted by Gasteiger charge is -1.95. The number of carbonyl (C=O) groups excluding carboxylic acids is 2. The van der Waals surface area contributed by atoms with Crippen LogP contribution in [-0.2, 0) is 9.59 Å².